The van der Waals surface area contributed by atoms with Gasteiger partial charge in [0.2, 0.25) is 0 Å². The summed E-state index contributed by atoms with van der Waals surface area (Å²) in [5, 5.41) is 4.36. The van der Waals surface area contributed by atoms with Crippen molar-refractivity contribution < 1.29 is 47.2 Å². The van der Waals surface area contributed by atoms with Gasteiger partial charge in [0.25, 0.3) is 11.1 Å². The van der Waals surface area contributed by atoms with Crippen molar-refractivity contribution >= 4 is 46.7 Å². The number of ether oxygens (including phenoxy) is 6. The summed E-state index contributed by atoms with van der Waals surface area (Å²) in [4.78, 5) is 39.9. The first-order valence-corrected chi connectivity index (χ1v) is 13.4. The molecule has 0 bridgehead atoms. The molecule has 0 aliphatic carbocycles. The molecule has 14 nitrogen and oxygen atoms in total. The number of amides is 2. The molecule has 0 aromatic heterocycles. The molecular formula is C25H36FN5O9S. The Balaban J connectivity index is 1.43. The number of benzene rings is 1. The number of nitrogens with one attached hydrogen (secondary N) is 2. The molecule has 1 aromatic carbocycles. The van der Waals surface area contributed by atoms with Crippen LogP contribution in [-0.4, -0.2) is 127 Å². The van der Waals surface area contributed by atoms with Gasteiger partial charge in [0, 0.05) is 26.7 Å². The fraction of sp³-hybridized carbons (Fsp3) is 0.600. The molecule has 2 aliphatic heterocycles. The van der Waals surface area contributed by atoms with Gasteiger partial charge in [-0.05, 0) is 30.4 Å². The van der Waals surface area contributed by atoms with E-state index in [1.807, 2.05) is 0 Å². The molecule has 2 fully saturated rings. The van der Waals surface area contributed by atoms with Crippen molar-refractivity contribution in [2.24, 2.45) is 0 Å². The normalized spacial score (nSPS) is 17.2. The Hall–Kier alpha value is -3.31. The van der Waals surface area contributed by atoms with Crippen molar-refractivity contribution in [1.82, 2.24) is 15.8 Å². The Morgan fingerprint density at radius 3 is 2.66 bits per heavy atom. The highest BCUT2D eigenvalue weighted by atomic mass is 32.1. The van der Waals surface area contributed by atoms with Crippen molar-refractivity contribution in [3.05, 3.63) is 24.0 Å². The maximum Gasteiger partial charge on any atom is 0.414 e. The van der Waals surface area contributed by atoms with Crippen LogP contribution in [0, 0.1) is 5.82 Å². The van der Waals surface area contributed by atoms with Crippen LogP contribution in [0.1, 0.15) is 0 Å². The smallest absolute Gasteiger partial charge is 0.414 e. The number of cyclic esters (lactones) is 1. The van der Waals surface area contributed by atoms with Gasteiger partial charge in [-0.15, -0.1) is 0 Å². The molecule has 2 aliphatic rings. The number of anilines is 2. The molecule has 2 amide bonds. The van der Waals surface area contributed by atoms with Crippen molar-refractivity contribution in [1.29, 1.82) is 0 Å². The molecule has 0 spiro atoms. The number of hydrazine groups is 1. The second-order valence-electron chi connectivity index (χ2n) is 8.88. The molecule has 2 N–H and O–H groups in total. The van der Waals surface area contributed by atoms with Gasteiger partial charge >= 0.3 is 12.1 Å². The maximum absolute atomic E-state index is 15.2. The number of carbonyl (C=O) groups is 3. The molecule has 41 heavy (non-hydrogen) atoms. The lowest BCUT2D eigenvalue weighted by Gasteiger charge is -2.24. The van der Waals surface area contributed by atoms with Crippen molar-refractivity contribution in [2.75, 3.05) is 103 Å². The Labute approximate surface area is 242 Å². The lowest BCUT2D eigenvalue weighted by Crippen LogP contribution is -2.45. The van der Waals surface area contributed by atoms with Crippen LogP contribution in [-0.2, 0) is 38.0 Å². The summed E-state index contributed by atoms with van der Waals surface area (Å²) in [6.45, 7) is 2.46. The molecule has 16 heteroatoms. The molecule has 2 saturated heterocycles. The highest BCUT2D eigenvalue weighted by molar-refractivity contribution is 7.80. The first-order valence-electron chi connectivity index (χ1n) is 13.0. The second-order valence-corrected chi connectivity index (χ2v) is 9.25. The molecule has 0 saturated carbocycles. The van der Waals surface area contributed by atoms with E-state index in [0.717, 1.165) is 0 Å². The molecular weight excluding hydrogens is 565 g/mol. The number of thiocarbonyl (C=S) groups is 1. The average molecular weight is 602 g/mol. The number of hydrogen-bond donors (Lipinski definition) is 2. The molecule has 0 radical (unpaired) electrons. The summed E-state index contributed by atoms with van der Waals surface area (Å²) < 4.78 is 45.6. The molecule has 228 valence electrons. The Kier molecular flexibility index (Phi) is 13.2. The molecule has 0 unspecified atom stereocenters. The summed E-state index contributed by atoms with van der Waals surface area (Å²) >= 11 is 4.92. The summed E-state index contributed by atoms with van der Waals surface area (Å²) in [6, 6.07) is 4.51. The third-order valence-corrected chi connectivity index (χ3v) is 6.39. The minimum absolute atomic E-state index is 0.184. The van der Waals surface area contributed by atoms with Gasteiger partial charge in [-0.3, -0.25) is 14.7 Å². The van der Waals surface area contributed by atoms with Gasteiger partial charge in [0.1, 0.15) is 18.5 Å². The fourth-order valence-corrected chi connectivity index (χ4v) is 4.08. The summed E-state index contributed by atoms with van der Waals surface area (Å²) in [7, 11) is 3.00. The number of rotatable bonds is 14. The van der Waals surface area contributed by atoms with Crippen LogP contribution < -0.4 is 20.5 Å². The third-order valence-electron chi connectivity index (χ3n) is 6.08. The van der Waals surface area contributed by atoms with E-state index in [4.69, 9.17) is 40.6 Å². The predicted octanol–water partition coefficient (Wildman–Crippen LogP) is 0.0478. The van der Waals surface area contributed by atoms with E-state index in [9.17, 15) is 14.4 Å². The largest absolute Gasteiger partial charge is 0.474 e. The van der Waals surface area contributed by atoms with E-state index in [0.29, 0.717) is 50.8 Å². The van der Waals surface area contributed by atoms with Crippen LogP contribution in [0.5, 0.6) is 0 Å². The summed E-state index contributed by atoms with van der Waals surface area (Å²) in [5.41, 5.74) is 3.66. The van der Waals surface area contributed by atoms with Gasteiger partial charge in [-0.1, -0.05) is 0 Å². The number of halogens is 1. The van der Waals surface area contributed by atoms with Crippen molar-refractivity contribution in [3.63, 3.8) is 0 Å². The second kappa shape index (κ2) is 16.8. The maximum atomic E-state index is 15.2. The highest BCUT2D eigenvalue weighted by Gasteiger charge is 2.33. The van der Waals surface area contributed by atoms with Gasteiger partial charge in [0.05, 0.1) is 64.5 Å². The van der Waals surface area contributed by atoms with E-state index in [-0.39, 0.29) is 38.0 Å². The molecule has 3 rings (SSSR count). The topological polar surface area (TPSA) is 140 Å². The standard InChI is InChI=1S/C25H36FN5O9S/c1-35-9-10-37-11-12-38-17-23(33)39-16-22(32)31-8-7-29(6-5-28-31)21-4-3-18(13-20(21)26)30-15-19(40-25(30)34)14-27-24(41)36-2/h3-4,13,19,28H,5-12,14-17H2,1-2H3,(H,27,41)/t19-/m0/s1. The zero-order chi connectivity index (χ0) is 29.6. The van der Waals surface area contributed by atoms with E-state index in [2.05, 4.69) is 10.7 Å². The highest BCUT2D eigenvalue weighted by Crippen LogP contribution is 2.28. The average Bonchev–Trinajstić information content (AvgIpc) is 3.17. The first kappa shape index (κ1) is 32.2. The van der Waals surface area contributed by atoms with E-state index < -0.39 is 36.5 Å². The number of esters is 1. The molecule has 2 heterocycles. The van der Waals surface area contributed by atoms with Crippen LogP contribution in [0.2, 0.25) is 0 Å². The van der Waals surface area contributed by atoms with Gasteiger partial charge < -0.3 is 38.6 Å². The van der Waals surface area contributed by atoms with Crippen LogP contribution >= 0.6 is 12.2 Å². The molecule has 1 atom stereocenters. The zero-order valence-corrected chi connectivity index (χ0v) is 23.9. The Morgan fingerprint density at radius 1 is 1.12 bits per heavy atom. The van der Waals surface area contributed by atoms with Crippen LogP contribution in [0.4, 0.5) is 20.6 Å². The monoisotopic (exact) mass is 601 g/mol. The van der Waals surface area contributed by atoms with Crippen LogP contribution in [0.3, 0.4) is 0 Å². The number of methoxy groups -OCH3 is 2. The number of hydrogen-bond acceptors (Lipinski definition) is 12. The van der Waals surface area contributed by atoms with E-state index in [1.165, 1.54) is 23.1 Å². The Bertz CT molecular complexity index is 1050. The Morgan fingerprint density at radius 2 is 1.90 bits per heavy atom. The fourth-order valence-electron chi connectivity index (χ4n) is 3.99. The van der Waals surface area contributed by atoms with Crippen molar-refractivity contribution in [2.45, 2.75) is 6.10 Å². The number of nitrogens with zero attached hydrogens (tertiary/aromatic N) is 3. The molecule has 1 aromatic rings. The van der Waals surface area contributed by atoms with E-state index in [1.54, 1.807) is 24.1 Å². The van der Waals surface area contributed by atoms with Crippen molar-refractivity contribution in [3.8, 4) is 0 Å². The summed E-state index contributed by atoms with van der Waals surface area (Å²) in [6.07, 6.45) is -1.06. The van der Waals surface area contributed by atoms with Gasteiger partial charge in [-0.25, -0.2) is 19.4 Å². The van der Waals surface area contributed by atoms with E-state index >= 15 is 4.39 Å². The minimum Gasteiger partial charge on any atom is -0.474 e. The minimum atomic E-state index is -0.670. The first-order chi connectivity index (χ1) is 19.8. The quantitative estimate of drug-likeness (QED) is 0.169. The van der Waals surface area contributed by atoms with Gasteiger partial charge in [0.15, 0.2) is 6.61 Å². The zero-order valence-electron chi connectivity index (χ0n) is 23.1. The number of carbonyl (C=O) groups excluding carboxylic acids is 3. The van der Waals surface area contributed by atoms with Crippen LogP contribution in [0.15, 0.2) is 18.2 Å². The predicted molar refractivity (Wildman–Crippen MR) is 148 cm³/mol. The summed E-state index contributed by atoms with van der Waals surface area (Å²) in [5.74, 6) is -1.63. The van der Waals surface area contributed by atoms with Gasteiger partial charge in [-0.2, -0.15) is 0 Å². The SMILES string of the molecule is COCCOCCOCC(=O)OCC(=O)N1CCN(c2ccc(N3C[C@H](CNC(=S)OC)OC3=O)cc2F)CCN1. The lowest BCUT2D eigenvalue weighted by molar-refractivity contribution is -0.157. The lowest BCUT2D eigenvalue weighted by atomic mass is 10.2. The van der Waals surface area contributed by atoms with Crippen LogP contribution in [0.25, 0.3) is 0 Å². The third kappa shape index (κ3) is 10.2.